The van der Waals surface area contributed by atoms with E-state index in [9.17, 15) is 4.79 Å². The highest BCUT2D eigenvalue weighted by Gasteiger charge is 2.23. The van der Waals surface area contributed by atoms with Crippen molar-refractivity contribution >= 4 is 11.6 Å². The molecule has 1 aromatic rings. The van der Waals surface area contributed by atoms with Crippen molar-refractivity contribution in [3.8, 4) is 0 Å². The fraction of sp³-hybridized carbons (Fsp3) is 0.733. The molecule has 2 heterocycles. The van der Waals surface area contributed by atoms with Crippen molar-refractivity contribution in [1.29, 1.82) is 0 Å². The molecule has 0 aromatic carbocycles. The smallest absolute Gasteiger partial charge is 0.238 e. The Hall–Kier alpha value is -1.36. The van der Waals surface area contributed by atoms with Gasteiger partial charge in [-0.2, -0.15) is 5.10 Å². The minimum atomic E-state index is 0.0737. The van der Waals surface area contributed by atoms with E-state index in [1.807, 2.05) is 20.9 Å². The van der Waals surface area contributed by atoms with E-state index in [2.05, 4.69) is 22.2 Å². The molecule has 1 aliphatic rings. The highest BCUT2D eigenvalue weighted by Crippen LogP contribution is 2.21. The number of carbonyl (C=O) groups excluding carboxylic acids is 1. The van der Waals surface area contributed by atoms with Gasteiger partial charge in [0.1, 0.15) is 0 Å². The van der Waals surface area contributed by atoms with Crippen LogP contribution in [0.25, 0.3) is 0 Å². The molecule has 0 radical (unpaired) electrons. The standard InChI is InChI=1S/C15H26N4O/c1-5-13-8-6-7-9-19(13)10-14(20)16-15-11(2)17-18(4)12(15)3/h13H,5-10H2,1-4H3,(H,16,20). The summed E-state index contributed by atoms with van der Waals surface area (Å²) in [5.74, 6) is 0.0737. The van der Waals surface area contributed by atoms with Gasteiger partial charge in [0.05, 0.1) is 23.6 Å². The van der Waals surface area contributed by atoms with E-state index in [1.165, 1.54) is 19.3 Å². The first-order valence-corrected chi connectivity index (χ1v) is 7.57. The maximum atomic E-state index is 12.3. The minimum absolute atomic E-state index is 0.0737. The number of aryl methyl sites for hydroxylation is 2. The zero-order valence-corrected chi connectivity index (χ0v) is 13.1. The highest BCUT2D eigenvalue weighted by molar-refractivity contribution is 5.93. The third-order valence-corrected chi connectivity index (χ3v) is 4.34. The van der Waals surface area contributed by atoms with Gasteiger partial charge >= 0.3 is 0 Å². The molecule has 1 aliphatic heterocycles. The van der Waals surface area contributed by atoms with E-state index in [0.29, 0.717) is 12.6 Å². The van der Waals surface area contributed by atoms with Crippen LogP contribution in [0.2, 0.25) is 0 Å². The SMILES string of the molecule is CCC1CCCCN1CC(=O)Nc1c(C)nn(C)c1C. The van der Waals surface area contributed by atoms with Crippen molar-refractivity contribution in [3.63, 3.8) is 0 Å². The summed E-state index contributed by atoms with van der Waals surface area (Å²) < 4.78 is 1.81. The number of hydrogen-bond acceptors (Lipinski definition) is 3. The molecule has 0 aliphatic carbocycles. The van der Waals surface area contributed by atoms with Crippen molar-refractivity contribution in [2.24, 2.45) is 7.05 Å². The first-order chi connectivity index (χ1) is 9.52. The van der Waals surface area contributed by atoms with Crippen LogP contribution in [0.1, 0.15) is 44.0 Å². The maximum absolute atomic E-state index is 12.3. The highest BCUT2D eigenvalue weighted by atomic mass is 16.2. The number of nitrogens with zero attached hydrogens (tertiary/aromatic N) is 3. The Kier molecular flexibility index (Phi) is 4.81. The van der Waals surface area contributed by atoms with Crippen LogP contribution in [0.15, 0.2) is 0 Å². The van der Waals surface area contributed by atoms with Crippen LogP contribution in [0.5, 0.6) is 0 Å². The summed E-state index contributed by atoms with van der Waals surface area (Å²) >= 11 is 0. The number of anilines is 1. The van der Waals surface area contributed by atoms with Crippen LogP contribution in [0, 0.1) is 13.8 Å². The number of nitrogens with one attached hydrogen (secondary N) is 1. The van der Waals surface area contributed by atoms with Crippen molar-refractivity contribution in [2.75, 3.05) is 18.4 Å². The molecule has 1 unspecified atom stereocenters. The molecule has 1 N–H and O–H groups in total. The van der Waals surface area contributed by atoms with Crippen LogP contribution in [-0.2, 0) is 11.8 Å². The molecular weight excluding hydrogens is 252 g/mol. The number of rotatable bonds is 4. The van der Waals surface area contributed by atoms with Gasteiger partial charge < -0.3 is 5.32 Å². The summed E-state index contributed by atoms with van der Waals surface area (Å²) in [6.45, 7) is 7.64. The largest absolute Gasteiger partial charge is 0.322 e. The van der Waals surface area contributed by atoms with Gasteiger partial charge in [0, 0.05) is 13.1 Å². The fourth-order valence-electron chi connectivity index (χ4n) is 3.05. The molecule has 1 amide bonds. The van der Waals surface area contributed by atoms with Crippen LogP contribution < -0.4 is 5.32 Å². The van der Waals surface area contributed by atoms with E-state index in [0.717, 1.165) is 30.0 Å². The van der Waals surface area contributed by atoms with Gasteiger partial charge in [-0.15, -0.1) is 0 Å². The molecule has 1 fully saturated rings. The zero-order valence-electron chi connectivity index (χ0n) is 13.1. The lowest BCUT2D eigenvalue weighted by molar-refractivity contribution is -0.118. The summed E-state index contributed by atoms with van der Waals surface area (Å²) in [5.41, 5.74) is 2.74. The number of aromatic nitrogens is 2. The third-order valence-electron chi connectivity index (χ3n) is 4.34. The monoisotopic (exact) mass is 278 g/mol. The Bertz CT molecular complexity index is 480. The van der Waals surface area contributed by atoms with E-state index in [1.54, 1.807) is 4.68 Å². The molecule has 5 nitrogen and oxygen atoms in total. The number of piperidine rings is 1. The summed E-state index contributed by atoms with van der Waals surface area (Å²) in [6.07, 6.45) is 4.83. The molecule has 112 valence electrons. The van der Waals surface area contributed by atoms with Crippen molar-refractivity contribution in [1.82, 2.24) is 14.7 Å². The molecule has 2 rings (SSSR count). The molecule has 0 saturated carbocycles. The van der Waals surface area contributed by atoms with Crippen molar-refractivity contribution < 1.29 is 4.79 Å². The number of carbonyl (C=O) groups is 1. The van der Waals surface area contributed by atoms with Crippen LogP contribution in [-0.4, -0.2) is 39.7 Å². The summed E-state index contributed by atoms with van der Waals surface area (Å²) in [7, 11) is 1.90. The van der Waals surface area contributed by atoms with Crippen molar-refractivity contribution in [3.05, 3.63) is 11.4 Å². The number of likely N-dealkylation sites (tertiary alicyclic amines) is 1. The zero-order chi connectivity index (χ0) is 14.7. The molecule has 0 spiro atoms. The lowest BCUT2D eigenvalue weighted by Crippen LogP contribution is -2.43. The fourth-order valence-corrected chi connectivity index (χ4v) is 3.05. The van der Waals surface area contributed by atoms with Gasteiger partial charge in [-0.05, 0) is 39.7 Å². The second-order valence-electron chi connectivity index (χ2n) is 5.75. The minimum Gasteiger partial charge on any atom is -0.322 e. The first kappa shape index (κ1) is 15.0. The third kappa shape index (κ3) is 3.20. The topological polar surface area (TPSA) is 50.2 Å². The second-order valence-corrected chi connectivity index (χ2v) is 5.75. The molecule has 20 heavy (non-hydrogen) atoms. The van der Waals surface area contributed by atoms with Crippen molar-refractivity contribution in [2.45, 2.75) is 52.5 Å². The van der Waals surface area contributed by atoms with Gasteiger partial charge in [0.15, 0.2) is 0 Å². The van der Waals surface area contributed by atoms with Gasteiger partial charge in [-0.3, -0.25) is 14.4 Å². The Balaban J connectivity index is 1.98. The molecule has 1 saturated heterocycles. The van der Waals surface area contributed by atoms with Gasteiger partial charge in [-0.25, -0.2) is 0 Å². The van der Waals surface area contributed by atoms with Gasteiger partial charge in [-0.1, -0.05) is 13.3 Å². The lowest BCUT2D eigenvalue weighted by atomic mass is 10.00. The van der Waals surface area contributed by atoms with E-state index in [4.69, 9.17) is 0 Å². The number of amides is 1. The summed E-state index contributed by atoms with van der Waals surface area (Å²) in [5, 5.41) is 7.36. The van der Waals surface area contributed by atoms with Gasteiger partial charge in [0.25, 0.3) is 0 Å². The van der Waals surface area contributed by atoms with Crippen LogP contribution in [0.3, 0.4) is 0 Å². The maximum Gasteiger partial charge on any atom is 0.238 e. The average Bonchev–Trinajstić information content (AvgIpc) is 2.66. The van der Waals surface area contributed by atoms with E-state index < -0.39 is 0 Å². The van der Waals surface area contributed by atoms with Gasteiger partial charge in [0.2, 0.25) is 5.91 Å². The Morgan fingerprint density at radius 2 is 2.15 bits per heavy atom. The predicted molar refractivity (Wildman–Crippen MR) is 80.8 cm³/mol. The molecule has 1 atom stereocenters. The molecular formula is C15H26N4O. The Morgan fingerprint density at radius 1 is 1.40 bits per heavy atom. The van der Waals surface area contributed by atoms with Crippen LogP contribution >= 0.6 is 0 Å². The molecule has 0 bridgehead atoms. The Labute approximate surface area is 121 Å². The molecule has 5 heteroatoms. The summed E-state index contributed by atoms with van der Waals surface area (Å²) in [4.78, 5) is 14.6. The van der Waals surface area contributed by atoms with E-state index >= 15 is 0 Å². The predicted octanol–water partition coefficient (Wildman–Crippen LogP) is 2.24. The lowest BCUT2D eigenvalue weighted by Gasteiger charge is -2.34. The Morgan fingerprint density at radius 3 is 2.75 bits per heavy atom. The number of hydrogen-bond donors (Lipinski definition) is 1. The normalized spacial score (nSPS) is 20.1. The van der Waals surface area contributed by atoms with E-state index in [-0.39, 0.29) is 5.91 Å². The summed E-state index contributed by atoms with van der Waals surface area (Å²) in [6, 6.07) is 0.561. The first-order valence-electron chi connectivity index (χ1n) is 7.57. The van der Waals surface area contributed by atoms with Crippen LogP contribution in [0.4, 0.5) is 5.69 Å². The second kappa shape index (κ2) is 6.39. The average molecular weight is 278 g/mol. The quantitative estimate of drug-likeness (QED) is 0.919. The molecule has 1 aromatic heterocycles.